The summed E-state index contributed by atoms with van der Waals surface area (Å²) in [6, 6.07) is 10.0. The Morgan fingerprint density at radius 1 is 1.14 bits per heavy atom. The molecule has 1 aromatic carbocycles. The number of carbonyl (C=O) groups is 1. The number of carbonyl (C=O) groups excluding carboxylic acids is 1. The van der Waals surface area contributed by atoms with Crippen molar-refractivity contribution < 1.29 is 17.6 Å². The van der Waals surface area contributed by atoms with E-state index in [9.17, 15) is 13.2 Å². The fraction of sp³-hybridized carbons (Fsp3) is 0.450. The van der Waals surface area contributed by atoms with Crippen LogP contribution in [-0.4, -0.2) is 37.9 Å². The molecule has 1 saturated heterocycles. The molecular formula is C20H27N3O4S. The second-order valence-corrected chi connectivity index (χ2v) is 9.06. The number of sulfonamides is 1. The highest BCUT2D eigenvalue weighted by Crippen LogP contribution is 2.20. The van der Waals surface area contributed by atoms with Gasteiger partial charge < -0.3 is 15.1 Å². The maximum absolute atomic E-state index is 12.7. The van der Waals surface area contributed by atoms with Crippen LogP contribution in [0.1, 0.15) is 37.5 Å². The van der Waals surface area contributed by atoms with Crippen molar-refractivity contribution in [3.8, 4) is 0 Å². The number of furan rings is 1. The normalized spacial score (nSPS) is 16.5. The minimum atomic E-state index is -3.43. The van der Waals surface area contributed by atoms with Crippen LogP contribution in [0.15, 0.2) is 52.0 Å². The highest BCUT2D eigenvalue weighted by atomic mass is 32.2. The van der Waals surface area contributed by atoms with Crippen molar-refractivity contribution in [1.82, 2.24) is 14.9 Å². The van der Waals surface area contributed by atoms with E-state index in [1.54, 1.807) is 34.8 Å². The first-order valence-electron chi connectivity index (χ1n) is 9.61. The van der Waals surface area contributed by atoms with Crippen molar-refractivity contribution in [3.63, 3.8) is 0 Å². The Kier molecular flexibility index (Phi) is 6.74. The molecule has 1 atom stereocenters. The van der Waals surface area contributed by atoms with Gasteiger partial charge in [0.1, 0.15) is 5.76 Å². The third kappa shape index (κ3) is 5.36. The predicted octanol–water partition coefficient (Wildman–Crippen LogP) is 2.88. The number of rotatable bonds is 7. The molecule has 0 radical (unpaired) electrons. The van der Waals surface area contributed by atoms with Gasteiger partial charge in [0.05, 0.1) is 11.2 Å². The van der Waals surface area contributed by atoms with E-state index in [1.165, 1.54) is 0 Å². The lowest BCUT2D eigenvalue weighted by atomic mass is 10.2. The smallest absolute Gasteiger partial charge is 0.315 e. The third-order valence-electron chi connectivity index (χ3n) is 4.79. The maximum atomic E-state index is 12.7. The first kappa shape index (κ1) is 20.4. The molecule has 0 saturated carbocycles. The molecule has 1 fully saturated rings. The number of piperidine rings is 1. The van der Waals surface area contributed by atoms with E-state index in [-0.39, 0.29) is 12.1 Å². The van der Waals surface area contributed by atoms with Gasteiger partial charge in [0, 0.05) is 32.1 Å². The number of hydrogen-bond acceptors (Lipinski definition) is 4. The van der Waals surface area contributed by atoms with Gasteiger partial charge in [-0.2, -0.15) is 4.31 Å². The molecule has 3 rings (SSSR count). The van der Waals surface area contributed by atoms with Gasteiger partial charge in [-0.05, 0) is 49.6 Å². The van der Waals surface area contributed by atoms with Crippen LogP contribution < -0.4 is 10.6 Å². The fourth-order valence-corrected chi connectivity index (χ4v) is 4.79. The summed E-state index contributed by atoms with van der Waals surface area (Å²) in [5.74, 6) is 0.818. The summed E-state index contributed by atoms with van der Waals surface area (Å²) in [6.07, 6.45) is 5.13. The Morgan fingerprint density at radius 2 is 1.86 bits per heavy atom. The van der Waals surface area contributed by atoms with Crippen LogP contribution in [-0.2, 0) is 23.0 Å². The van der Waals surface area contributed by atoms with E-state index in [0.717, 1.165) is 30.6 Å². The second-order valence-electron chi connectivity index (χ2n) is 7.12. The van der Waals surface area contributed by atoms with E-state index in [1.807, 2.05) is 19.1 Å². The molecule has 2 amide bonds. The number of nitrogens with zero attached hydrogens (tertiary/aromatic N) is 1. The Morgan fingerprint density at radius 3 is 2.50 bits per heavy atom. The van der Waals surface area contributed by atoms with Gasteiger partial charge >= 0.3 is 6.03 Å². The molecule has 2 N–H and O–H groups in total. The Hall–Kier alpha value is -2.32. The van der Waals surface area contributed by atoms with Gasteiger partial charge in [0.25, 0.3) is 0 Å². The summed E-state index contributed by atoms with van der Waals surface area (Å²) >= 11 is 0. The summed E-state index contributed by atoms with van der Waals surface area (Å²) < 4.78 is 32.1. The van der Waals surface area contributed by atoms with Crippen LogP contribution >= 0.6 is 0 Å². The quantitative estimate of drug-likeness (QED) is 0.741. The molecule has 2 heterocycles. The molecule has 0 bridgehead atoms. The van der Waals surface area contributed by atoms with E-state index >= 15 is 0 Å². The van der Waals surface area contributed by atoms with Crippen molar-refractivity contribution in [1.29, 1.82) is 0 Å². The standard InChI is InChI=1S/C20H27N3O4S/c1-16(14-18-6-5-13-27-18)22-20(24)21-15-17-7-9-19(10-8-17)28(25,26)23-11-3-2-4-12-23/h5-10,13,16H,2-4,11-12,14-15H2,1H3,(H2,21,22,24). The molecule has 7 nitrogen and oxygen atoms in total. The average Bonchev–Trinajstić information content (AvgIpc) is 3.20. The summed E-state index contributed by atoms with van der Waals surface area (Å²) in [5.41, 5.74) is 0.839. The SMILES string of the molecule is CC(Cc1ccco1)NC(=O)NCc1ccc(S(=O)(=O)N2CCCCC2)cc1. The minimum Gasteiger partial charge on any atom is -0.469 e. The van der Waals surface area contributed by atoms with Crippen LogP contribution in [0.3, 0.4) is 0 Å². The second kappa shape index (κ2) is 9.25. The van der Waals surface area contributed by atoms with Gasteiger partial charge in [0.2, 0.25) is 10.0 Å². The Labute approximate surface area is 166 Å². The van der Waals surface area contributed by atoms with E-state index < -0.39 is 10.0 Å². The first-order chi connectivity index (χ1) is 13.4. The lowest BCUT2D eigenvalue weighted by molar-refractivity contribution is 0.237. The molecule has 1 unspecified atom stereocenters. The number of benzene rings is 1. The molecule has 0 aliphatic carbocycles. The third-order valence-corrected chi connectivity index (χ3v) is 6.71. The van der Waals surface area contributed by atoms with E-state index in [2.05, 4.69) is 10.6 Å². The number of amides is 2. The number of urea groups is 1. The van der Waals surface area contributed by atoms with Crippen molar-refractivity contribution in [2.24, 2.45) is 0 Å². The topological polar surface area (TPSA) is 91.6 Å². The molecule has 8 heteroatoms. The van der Waals surface area contributed by atoms with Crippen LogP contribution in [0.4, 0.5) is 4.79 Å². The highest BCUT2D eigenvalue weighted by Gasteiger charge is 2.25. The van der Waals surface area contributed by atoms with Crippen LogP contribution in [0, 0.1) is 0 Å². The monoisotopic (exact) mass is 405 g/mol. The van der Waals surface area contributed by atoms with E-state index in [0.29, 0.717) is 31.0 Å². The van der Waals surface area contributed by atoms with Gasteiger partial charge in [0.15, 0.2) is 0 Å². The molecule has 1 aliphatic heterocycles. The Bertz CT molecular complexity index is 857. The summed E-state index contributed by atoms with van der Waals surface area (Å²) in [6.45, 7) is 3.40. The summed E-state index contributed by atoms with van der Waals surface area (Å²) in [4.78, 5) is 12.3. The largest absolute Gasteiger partial charge is 0.469 e. The summed E-state index contributed by atoms with van der Waals surface area (Å²) in [5, 5.41) is 5.64. The van der Waals surface area contributed by atoms with Crippen LogP contribution in [0.5, 0.6) is 0 Å². The molecule has 152 valence electrons. The van der Waals surface area contributed by atoms with Crippen LogP contribution in [0.2, 0.25) is 0 Å². The molecule has 28 heavy (non-hydrogen) atoms. The number of hydrogen-bond donors (Lipinski definition) is 2. The molecule has 1 aromatic heterocycles. The predicted molar refractivity (Wildman–Crippen MR) is 106 cm³/mol. The minimum absolute atomic E-state index is 0.0665. The lowest BCUT2D eigenvalue weighted by Crippen LogP contribution is -2.41. The molecule has 1 aliphatic rings. The summed E-state index contributed by atoms with van der Waals surface area (Å²) in [7, 11) is -3.43. The lowest BCUT2D eigenvalue weighted by Gasteiger charge is -2.25. The highest BCUT2D eigenvalue weighted by molar-refractivity contribution is 7.89. The van der Waals surface area contributed by atoms with Crippen molar-refractivity contribution in [2.45, 2.75) is 50.1 Å². The van der Waals surface area contributed by atoms with Crippen molar-refractivity contribution in [3.05, 3.63) is 54.0 Å². The zero-order valence-corrected chi connectivity index (χ0v) is 16.9. The van der Waals surface area contributed by atoms with Crippen molar-refractivity contribution >= 4 is 16.1 Å². The van der Waals surface area contributed by atoms with Gasteiger partial charge in [-0.25, -0.2) is 13.2 Å². The van der Waals surface area contributed by atoms with Crippen molar-refractivity contribution in [2.75, 3.05) is 13.1 Å². The van der Waals surface area contributed by atoms with Gasteiger partial charge in [-0.1, -0.05) is 18.6 Å². The van der Waals surface area contributed by atoms with Crippen LogP contribution in [0.25, 0.3) is 0 Å². The molecule has 0 spiro atoms. The number of nitrogens with one attached hydrogen (secondary N) is 2. The van der Waals surface area contributed by atoms with Gasteiger partial charge in [-0.3, -0.25) is 0 Å². The van der Waals surface area contributed by atoms with E-state index in [4.69, 9.17) is 4.42 Å². The maximum Gasteiger partial charge on any atom is 0.315 e. The zero-order valence-electron chi connectivity index (χ0n) is 16.1. The average molecular weight is 406 g/mol. The molecular weight excluding hydrogens is 378 g/mol. The molecule has 2 aromatic rings. The fourth-order valence-electron chi connectivity index (χ4n) is 3.27. The Balaban J connectivity index is 1.49. The van der Waals surface area contributed by atoms with Gasteiger partial charge in [-0.15, -0.1) is 0 Å². The zero-order chi connectivity index (χ0) is 20.0. The first-order valence-corrected chi connectivity index (χ1v) is 11.0.